The van der Waals surface area contributed by atoms with Gasteiger partial charge in [0.05, 0.1) is 28.2 Å². The first kappa shape index (κ1) is 21.3. The summed E-state index contributed by atoms with van der Waals surface area (Å²) in [5, 5.41) is 11.1. The van der Waals surface area contributed by atoms with Gasteiger partial charge in [0.1, 0.15) is 24.0 Å². The van der Waals surface area contributed by atoms with Gasteiger partial charge in [0.15, 0.2) is 5.75 Å². The second-order valence-corrected chi connectivity index (χ2v) is 8.23. The minimum Gasteiger partial charge on any atom is -0.507 e. The Bertz CT molecular complexity index is 1340. The molecule has 0 spiro atoms. The van der Waals surface area contributed by atoms with Gasteiger partial charge in [-0.25, -0.2) is 9.18 Å². The lowest BCUT2D eigenvalue weighted by molar-refractivity contribution is -0.126. The number of aromatic nitrogens is 2. The lowest BCUT2D eigenvalue weighted by Gasteiger charge is -2.36. The van der Waals surface area contributed by atoms with Crippen molar-refractivity contribution < 1.29 is 19.0 Å². The highest BCUT2D eigenvalue weighted by molar-refractivity contribution is 6.35. The molecular weight excluding hydrogens is 451 g/mol. The second-order valence-electron chi connectivity index (χ2n) is 7.83. The van der Waals surface area contributed by atoms with Crippen LogP contribution in [0, 0.1) is 5.82 Å². The summed E-state index contributed by atoms with van der Waals surface area (Å²) < 4.78 is 22.1. The van der Waals surface area contributed by atoms with Crippen molar-refractivity contribution in [2.75, 3.05) is 37.7 Å². The zero-order valence-electron chi connectivity index (χ0n) is 17.6. The summed E-state index contributed by atoms with van der Waals surface area (Å²) in [7, 11) is 0. The third kappa shape index (κ3) is 3.39. The topological polar surface area (TPSA) is 87.9 Å². The highest BCUT2D eigenvalue weighted by Crippen LogP contribution is 2.48. The van der Waals surface area contributed by atoms with Crippen LogP contribution in [0.25, 0.3) is 22.0 Å². The molecule has 3 aromatic rings. The fraction of sp³-hybridized carbons (Fsp3) is 0.261. The summed E-state index contributed by atoms with van der Waals surface area (Å²) in [5.74, 6) is -0.439. The van der Waals surface area contributed by atoms with Crippen molar-refractivity contribution in [3.8, 4) is 22.6 Å². The molecule has 170 valence electrons. The van der Waals surface area contributed by atoms with Gasteiger partial charge in [-0.1, -0.05) is 24.2 Å². The van der Waals surface area contributed by atoms with Crippen LogP contribution in [-0.2, 0) is 11.3 Å². The Morgan fingerprint density at radius 1 is 1.21 bits per heavy atom. The Balaban J connectivity index is 1.71. The molecule has 0 unspecified atom stereocenters. The number of carbonyl (C=O) groups excluding carboxylic acids is 1. The molecule has 3 heterocycles. The van der Waals surface area contributed by atoms with E-state index in [0.717, 1.165) is 0 Å². The standard InChI is InChI=1S/C23H20ClFN4O4/c1-2-17(31)27-6-8-28(9-7-27)22-13-12-14(24)18(19-15(25)4-3-5-16(19)30)21-20(13)29(10-11-33-21)23(32)26-22/h2-5,12,30H,1,6-11H2. The van der Waals surface area contributed by atoms with Crippen molar-refractivity contribution in [2.24, 2.45) is 0 Å². The third-order valence-corrected chi connectivity index (χ3v) is 6.32. The van der Waals surface area contributed by atoms with Crippen LogP contribution < -0.4 is 15.3 Å². The molecule has 1 aromatic heterocycles. The van der Waals surface area contributed by atoms with Gasteiger partial charge >= 0.3 is 5.69 Å². The average molecular weight is 471 g/mol. The number of anilines is 1. The number of nitrogens with zero attached hydrogens (tertiary/aromatic N) is 4. The normalized spacial score (nSPS) is 15.5. The van der Waals surface area contributed by atoms with Crippen LogP contribution in [0.5, 0.6) is 11.5 Å². The Morgan fingerprint density at radius 3 is 2.67 bits per heavy atom. The van der Waals surface area contributed by atoms with E-state index in [0.29, 0.717) is 42.9 Å². The number of aromatic hydroxyl groups is 1. The number of hydrogen-bond acceptors (Lipinski definition) is 6. The number of amides is 1. The van der Waals surface area contributed by atoms with E-state index in [1.807, 2.05) is 4.90 Å². The molecule has 1 N–H and O–H groups in total. The van der Waals surface area contributed by atoms with Crippen molar-refractivity contribution in [3.05, 3.63) is 58.2 Å². The molecule has 2 aromatic carbocycles. The first-order valence-corrected chi connectivity index (χ1v) is 10.8. The minimum atomic E-state index is -0.659. The van der Waals surface area contributed by atoms with E-state index in [9.17, 15) is 19.1 Å². The molecule has 2 aliphatic rings. The van der Waals surface area contributed by atoms with Crippen molar-refractivity contribution in [2.45, 2.75) is 6.54 Å². The number of benzene rings is 2. The molecule has 1 saturated heterocycles. The molecule has 2 aliphatic heterocycles. The van der Waals surface area contributed by atoms with Gasteiger partial charge in [0.2, 0.25) is 5.91 Å². The summed E-state index contributed by atoms with van der Waals surface area (Å²) in [6.07, 6.45) is 1.28. The number of phenols is 1. The molecule has 0 bridgehead atoms. The highest BCUT2D eigenvalue weighted by Gasteiger charge is 2.30. The Hall–Kier alpha value is -3.59. The first-order chi connectivity index (χ1) is 15.9. The molecule has 1 fully saturated rings. The van der Waals surface area contributed by atoms with Gasteiger partial charge in [-0.3, -0.25) is 9.36 Å². The zero-order chi connectivity index (χ0) is 23.3. The van der Waals surface area contributed by atoms with Gasteiger partial charge in [-0.2, -0.15) is 4.98 Å². The van der Waals surface area contributed by atoms with E-state index in [1.165, 1.54) is 28.8 Å². The minimum absolute atomic E-state index is 0.0878. The SMILES string of the molecule is C=CC(=O)N1CCN(c2nc(=O)n3c4c(c(-c5c(O)cccc5F)c(Cl)cc24)OCC3)CC1. The molecule has 33 heavy (non-hydrogen) atoms. The van der Waals surface area contributed by atoms with Gasteiger partial charge < -0.3 is 19.6 Å². The van der Waals surface area contributed by atoms with E-state index in [4.69, 9.17) is 16.3 Å². The number of ether oxygens (including phenoxy) is 1. The zero-order valence-corrected chi connectivity index (χ0v) is 18.3. The van der Waals surface area contributed by atoms with Crippen LogP contribution in [0.15, 0.2) is 41.7 Å². The van der Waals surface area contributed by atoms with Gasteiger partial charge in [0, 0.05) is 31.6 Å². The van der Waals surface area contributed by atoms with Gasteiger partial charge in [-0.05, 0) is 24.3 Å². The second kappa shape index (κ2) is 8.08. The maximum atomic E-state index is 14.7. The van der Waals surface area contributed by atoms with Crippen LogP contribution in [0.1, 0.15) is 0 Å². The quantitative estimate of drug-likeness (QED) is 0.592. The van der Waals surface area contributed by atoms with Crippen molar-refractivity contribution >= 4 is 34.2 Å². The summed E-state index contributed by atoms with van der Waals surface area (Å²) >= 11 is 6.62. The Kier molecular flexibility index (Phi) is 5.20. The predicted octanol–water partition coefficient (Wildman–Crippen LogP) is 2.79. The van der Waals surface area contributed by atoms with Crippen LogP contribution in [0.4, 0.5) is 10.2 Å². The number of rotatable bonds is 3. The fourth-order valence-electron chi connectivity index (χ4n) is 4.45. The van der Waals surface area contributed by atoms with Crippen molar-refractivity contribution in [1.29, 1.82) is 0 Å². The van der Waals surface area contributed by atoms with Crippen LogP contribution in [0.3, 0.4) is 0 Å². The fourth-order valence-corrected chi connectivity index (χ4v) is 4.74. The van der Waals surface area contributed by atoms with Crippen LogP contribution in [0.2, 0.25) is 5.02 Å². The van der Waals surface area contributed by atoms with E-state index in [-0.39, 0.29) is 46.7 Å². The predicted molar refractivity (Wildman–Crippen MR) is 123 cm³/mol. The van der Waals surface area contributed by atoms with E-state index in [1.54, 1.807) is 11.0 Å². The van der Waals surface area contributed by atoms with Crippen molar-refractivity contribution in [1.82, 2.24) is 14.5 Å². The first-order valence-electron chi connectivity index (χ1n) is 10.4. The molecular formula is C23H20ClFN4O4. The van der Waals surface area contributed by atoms with E-state index in [2.05, 4.69) is 11.6 Å². The maximum absolute atomic E-state index is 14.7. The number of phenolic OH excluding ortho intramolecular Hbond substituents is 1. The summed E-state index contributed by atoms with van der Waals surface area (Å²) in [4.78, 5) is 32.8. The Morgan fingerprint density at radius 2 is 1.97 bits per heavy atom. The van der Waals surface area contributed by atoms with Crippen molar-refractivity contribution in [3.63, 3.8) is 0 Å². The average Bonchev–Trinajstić information content (AvgIpc) is 2.82. The summed E-state index contributed by atoms with van der Waals surface area (Å²) in [6, 6.07) is 5.60. The summed E-state index contributed by atoms with van der Waals surface area (Å²) in [6.45, 7) is 5.82. The highest BCUT2D eigenvalue weighted by atomic mass is 35.5. The lowest BCUT2D eigenvalue weighted by Crippen LogP contribution is -2.49. The largest absolute Gasteiger partial charge is 0.507 e. The maximum Gasteiger partial charge on any atom is 0.350 e. The molecule has 0 saturated carbocycles. The lowest BCUT2D eigenvalue weighted by atomic mass is 9.99. The molecule has 5 rings (SSSR count). The van der Waals surface area contributed by atoms with Crippen LogP contribution in [-0.4, -0.2) is 58.3 Å². The molecule has 0 atom stereocenters. The smallest absolute Gasteiger partial charge is 0.350 e. The number of carbonyl (C=O) groups is 1. The van der Waals surface area contributed by atoms with Gasteiger partial charge in [0.25, 0.3) is 0 Å². The molecule has 1 amide bonds. The molecule has 0 aliphatic carbocycles. The Labute approximate surface area is 193 Å². The number of piperazine rings is 1. The summed E-state index contributed by atoms with van der Waals surface area (Å²) in [5.41, 5.74) is 0.0851. The molecule has 8 nitrogen and oxygen atoms in total. The number of halogens is 2. The molecule has 10 heteroatoms. The van der Waals surface area contributed by atoms with E-state index >= 15 is 0 Å². The third-order valence-electron chi connectivity index (χ3n) is 6.02. The number of hydrogen-bond donors (Lipinski definition) is 1. The van der Waals surface area contributed by atoms with Gasteiger partial charge in [-0.15, -0.1) is 0 Å². The molecule has 0 radical (unpaired) electrons. The van der Waals surface area contributed by atoms with E-state index < -0.39 is 11.5 Å². The monoisotopic (exact) mass is 470 g/mol. The van der Waals surface area contributed by atoms with Crippen LogP contribution >= 0.6 is 11.6 Å².